The first-order valence-electron chi connectivity index (χ1n) is 6.07. The molecule has 1 aromatic rings. The van der Waals surface area contributed by atoms with Crippen LogP contribution in [-0.2, 0) is 0 Å². The summed E-state index contributed by atoms with van der Waals surface area (Å²) < 4.78 is 0. The number of aromatic nitrogens is 1. The topological polar surface area (TPSA) is 66.9 Å². The number of anilines is 1. The number of nitrogens with two attached hydrogens (primary N) is 1. The van der Waals surface area contributed by atoms with E-state index in [2.05, 4.69) is 25.9 Å². The van der Waals surface area contributed by atoms with Gasteiger partial charge in [0.25, 0.3) is 0 Å². The lowest BCUT2D eigenvalue weighted by atomic mass is 10.1. The van der Waals surface area contributed by atoms with Crippen molar-refractivity contribution in [3.8, 4) is 0 Å². The van der Waals surface area contributed by atoms with Gasteiger partial charge in [0, 0.05) is 11.8 Å². The Morgan fingerprint density at radius 3 is 2.84 bits per heavy atom. The highest BCUT2D eigenvalue weighted by Crippen LogP contribution is 2.19. The van der Waals surface area contributed by atoms with Crippen LogP contribution < -0.4 is 5.73 Å². The van der Waals surface area contributed by atoms with Gasteiger partial charge in [0.05, 0.1) is 18.6 Å². The predicted molar refractivity (Wildman–Crippen MR) is 82.2 cm³/mol. The molecule has 0 saturated carbocycles. The zero-order valence-corrected chi connectivity index (χ0v) is 12.5. The first-order chi connectivity index (χ1) is 8.61. The lowest BCUT2D eigenvalue weighted by Crippen LogP contribution is -2.13. The second kappa shape index (κ2) is 9.50. The monoisotopic (exact) mass is 283 g/mol. The van der Waals surface area contributed by atoms with Gasteiger partial charge in [-0.1, -0.05) is 6.07 Å². The van der Waals surface area contributed by atoms with Gasteiger partial charge in [-0.2, -0.15) is 0 Å². The minimum Gasteiger partial charge on any atom is -0.383 e. The number of hydrogen-bond donors (Lipinski definition) is 1. The van der Waals surface area contributed by atoms with Crippen molar-refractivity contribution < 1.29 is 0 Å². The molecule has 19 heavy (non-hydrogen) atoms. The fourth-order valence-electron chi connectivity index (χ4n) is 1.50. The molecule has 1 unspecified atom stereocenters. The van der Waals surface area contributed by atoms with Gasteiger partial charge in [-0.25, -0.2) is 15.0 Å². The van der Waals surface area contributed by atoms with E-state index in [4.69, 9.17) is 5.73 Å². The standard InChI is InChI=1S/C13H21N5.ClH/c1-11(12-6-4-8-16-13(12)14)17-10-15-7-5-9-18(2)3;/h4,6,8,11H,5,7,9H2,1-3H3,(H2,14,16);1H. The molecule has 0 aliphatic heterocycles. The Bertz CT molecular complexity index is 427. The zero-order valence-electron chi connectivity index (χ0n) is 11.7. The molecule has 6 heteroatoms. The molecular formula is C13H22ClN5. The molecule has 1 rings (SSSR count). The largest absolute Gasteiger partial charge is 0.383 e. The number of aliphatic imine (C=N–C) groups is 2. The smallest absolute Gasteiger partial charge is 0.128 e. The molecule has 0 aliphatic rings. The van der Waals surface area contributed by atoms with Crippen LogP contribution in [0.15, 0.2) is 28.3 Å². The minimum absolute atomic E-state index is 0. The van der Waals surface area contributed by atoms with Crippen LogP contribution in [0.25, 0.3) is 0 Å². The van der Waals surface area contributed by atoms with Gasteiger partial charge in [0.2, 0.25) is 0 Å². The van der Waals surface area contributed by atoms with E-state index in [-0.39, 0.29) is 18.4 Å². The third-order valence-corrected chi connectivity index (χ3v) is 2.52. The Morgan fingerprint density at radius 1 is 1.47 bits per heavy atom. The van der Waals surface area contributed by atoms with Gasteiger partial charge < -0.3 is 10.6 Å². The molecule has 2 N–H and O–H groups in total. The van der Waals surface area contributed by atoms with Gasteiger partial charge in [0.1, 0.15) is 5.82 Å². The number of pyridine rings is 1. The molecule has 1 heterocycles. The fraction of sp³-hybridized carbons (Fsp3) is 0.538. The minimum atomic E-state index is -0.0590. The van der Waals surface area contributed by atoms with Gasteiger partial charge in [0.15, 0.2) is 0 Å². The first-order valence-corrected chi connectivity index (χ1v) is 6.07. The second-order valence-corrected chi connectivity index (χ2v) is 4.42. The predicted octanol–water partition coefficient (Wildman–Crippen LogP) is 2.27. The Morgan fingerprint density at radius 2 is 2.21 bits per heavy atom. The second-order valence-electron chi connectivity index (χ2n) is 4.42. The Balaban J connectivity index is 0.00000324. The number of nitrogen functional groups attached to an aromatic ring is 1. The molecule has 5 nitrogen and oxygen atoms in total. The average Bonchev–Trinajstić information content (AvgIpc) is 2.33. The molecule has 1 aromatic heterocycles. The SMILES string of the molecule is CC(N=C=NCCCN(C)C)c1cccnc1N.Cl. The van der Waals surface area contributed by atoms with E-state index in [9.17, 15) is 0 Å². The van der Waals surface area contributed by atoms with Crippen LogP contribution in [-0.4, -0.2) is 43.1 Å². The van der Waals surface area contributed by atoms with Gasteiger partial charge >= 0.3 is 0 Å². The highest BCUT2D eigenvalue weighted by atomic mass is 35.5. The summed E-state index contributed by atoms with van der Waals surface area (Å²) in [6, 6.07) is 6.45. The molecule has 0 bridgehead atoms. The maximum atomic E-state index is 5.77. The van der Waals surface area contributed by atoms with Crippen molar-refractivity contribution in [2.24, 2.45) is 9.98 Å². The van der Waals surface area contributed by atoms with Crippen LogP contribution in [0.1, 0.15) is 24.9 Å². The van der Waals surface area contributed by atoms with E-state index >= 15 is 0 Å². The summed E-state index contributed by atoms with van der Waals surface area (Å²) in [5.41, 5.74) is 6.68. The molecule has 0 spiro atoms. The molecule has 0 aliphatic carbocycles. The third-order valence-electron chi connectivity index (χ3n) is 2.52. The molecular weight excluding hydrogens is 262 g/mol. The van der Waals surface area contributed by atoms with E-state index in [0.717, 1.165) is 25.1 Å². The summed E-state index contributed by atoms with van der Waals surface area (Å²) in [6.07, 6.45) is 2.68. The maximum absolute atomic E-state index is 5.77. The van der Waals surface area contributed by atoms with Crippen LogP contribution in [0.4, 0.5) is 5.82 Å². The number of nitrogens with zero attached hydrogens (tertiary/aromatic N) is 4. The summed E-state index contributed by atoms with van der Waals surface area (Å²) in [5.74, 6) is 0.517. The van der Waals surface area contributed by atoms with Crippen molar-refractivity contribution >= 4 is 24.2 Å². The quantitative estimate of drug-likeness (QED) is 0.643. The van der Waals surface area contributed by atoms with Crippen LogP contribution >= 0.6 is 12.4 Å². The van der Waals surface area contributed by atoms with Crippen LogP contribution in [0.2, 0.25) is 0 Å². The Kier molecular flexibility index (Phi) is 8.79. The molecule has 0 amide bonds. The molecule has 1 atom stereocenters. The van der Waals surface area contributed by atoms with E-state index in [1.165, 1.54) is 0 Å². The molecule has 0 saturated heterocycles. The molecule has 106 valence electrons. The summed E-state index contributed by atoms with van der Waals surface area (Å²) in [6.45, 7) is 3.73. The summed E-state index contributed by atoms with van der Waals surface area (Å²) in [4.78, 5) is 14.5. The van der Waals surface area contributed by atoms with Crippen molar-refractivity contribution in [3.05, 3.63) is 23.9 Å². The number of halogens is 1. The van der Waals surface area contributed by atoms with E-state index < -0.39 is 0 Å². The highest BCUT2D eigenvalue weighted by Gasteiger charge is 2.06. The van der Waals surface area contributed by atoms with Crippen molar-refractivity contribution in [2.75, 3.05) is 32.9 Å². The van der Waals surface area contributed by atoms with Crippen molar-refractivity contribution in [1.82, 2.24) is 9.88 Å². The normalized spacial score (nSPS) is 11.4. The average molecular weight is 284 g/mol. The molecule has 0 radical (unpaired) electrons. The van der Waals surface area contributed by atoms with Crippen molar-refractivity contribution in [2.45, 2.75) is 19.4 Å². The third kappa shape index (κ3) is 6.91. The van der Waals surface area contributed by atoms with E-state index in [1.807, 2.05) is 33.2 Å². The van der Waals surface area contributed by atoms with Gasteiger partial charge in [-0.3, -0.25) is 0 Å². The molecule has 0 aromatic carbocycles. The van der Waals surface area contributed by atoms with Gasteiger partial charge in [-0.15, -0.1) is 12.4 Å². The number of rotatable bonds is 6. The van der Waals surface area contributed by atoms with Gasteiger partial charge in [-0.05, 0) is 40.1 Å². The molecule has 0 fully saturated rings. The fourth-order valence-corrected chi connectivity index (χ4v) is 1.50. The maximum Gasteiger partial charge on any atom is 0.128 e. The van der Waals surface area contributed by atoms with Crippen LogP contribution in [0.5, 0.6) is 0 Å². The lowest BCUT2D eigenvalue weighted by Gasteiger charge is -2.06. The number of hydrogen-bond acceptors (Lipinski definition) is 5. The highest BCUT2D eigenvalue weighted by molar-refractivity contribution is 5.85. The zero-order chi connectivity index (χ0) is 13.4. The van der Waals surface area contributed by atoms with Crippen molar-refractivity contribution in [1.29, 1.82) is 0 Å². The van der Waals surface area contributed by atoms with Crippen molar-refractivity contribution in [3.63, 3.8) is 0 Å². The first kappa shape index (κ1) is 17.6. The van der Waals surface area contributed by atoms with E-state index in [1.54, 1.807) is 6.20 Å². The Labute approximate surface area is 121 Å². The van der Waals surface area contributed by atoms with Crippen LogP contribution in [0.3, 0.4) is 0 Å². The van der Waals surface area contributed by atoms with Crippen LogP contribution in [0, 0.1) is 0 Å². The summed E-state index contributed by atoms with van der Waals surface area (Å²) >= 11 is 0. The Hall–Kier alpha value is -1.42. The summed E-state index contributed by atoms with van der Waals surface area (Å²) in [5, 5.41) is 0. The lowest BCUT2D eigenvalue weighted by molar-refractivity contribution is 0.403. The summed E-state index contributed by atoms with van der Waals surface area (Å²) in [7, 11) is 4.09. The van der Waals surface area contributed by atoms with E-state index in [0.29, 0.717) is 5.82 Å².